The number of likely N-dealkylation sites (tertiary alicyclic amines) is 1. The van der Waals surface area contributed by atoms with Gasteiger partial charge in [0, 0.05) is 5.69 Å². The molecule has 3 atom stereocenters. The number of nitrogens with one attached hydrogen (secondary N) is 1. The minimum atomic E-state index is -2.93. The SMILES string of the molecule is C[C@@H](C(=O)Nc1ccc(OC(F)F)cc1)N1C(=O)[C@H]2CC=CC[C@H]2C1=O. The van der Waals surface area contributed by atoms with Crippen LogP contribution in [0.15, 0.2) is 36.4 Å². The Morgan fingerprint density at radius 3 is 2.15 bits per heavy atom. The first-order valence-electron chi connectivity index (χ1n) is 8.26. The number of ether oxygens (including phenoxy) is 1. The Morgan fingerprint density at radius 1 is 1.12 bits per heavy atom. The standard InChI is InChI=1S/C18H18F2N2O4/c1-10(22-16(24)13-4-2-3-5-14(13)17(22)25)15(23)21-11-6-8-12(9-7-11)26-18(19)20/h2-3,6-10,13-14,18H,4-5H2,1H3,(H,21,23)/t10-,13-,14+/m0/s1. The van der Waals surface area contributed by atoms with Crippen LogP contribution in [0.4, 0.5) is 14.5 Å². The summed E-state index contributed by atoms with van der Waals surface area (Å²) in [7, 11) is 0. The molecule has 3 amide bonds. The first kappa shape index (κ1) is 18.0. The van der Waals surface area contributed by atoms with E-state index in [1.54, 1.807) is 0 Å². The summed E-state index contributed by atoms with van der Waals surface area (Å²) in [4.78, 5) is 38.5. The maximum atomic E-state index is 12.5. The number of anilines is 1. The molecule has 138 valence electrons. The first-order valence-corrected chi connectivity index (χ1v) is 8.26. The minimum Gasteiger partial charge on any atom is -0.435 e. The summed E-state index contributed by atoms with van der Waals surface area (Å²) in [6.07, 6.45) is 4.77. The zero-order chi connectivity index (χ0) is 18.8. The normalized spacial score (nSPS) is 23.2. The molecule has 0 saturated carbocycles. The number of alkyl halides is 2. The van der Waals surface area contributed by atoms with E-state index in [1.165, 1.54) is 31.2 Å². The molecule has 1 aromatic rings. The van der Waals surface area contributed by atoms with Crippen LogP contribution in [0.2, 0.25) is 0 Å². The molecular weight excluding hydrogens is 346 g/mol. The number of nitrogens with zero attached hydrogens (tertiary/aromatic N) is 1. The highest BCUT2D eigenvalue weighted by molar-refractivity contribution is 6.10. The molecule has 1 heterocycles. The molecule has 1 aromatic carbocycles. The predicted octanol–water partition coefficient (Wildman–Crippen LogP) is 2.57. The van der Waals surface area contributed by atoms with Gasteiger partial charge in [-0.3, -0.25) is 19.3 Å². The number of carbonyl (C=O) groups excluding carboxylic acids is 3. The van der Waals surface area contributed by atoms with E-state index in [9.17, 15) is 23.2 Å². The van der Waals surface area contributed by atoms with Crippen LogP contribution in [0.25, 0.3) is 0 Å². The maximum absolute atomic E-state index is 12.5. The number of hydrogen-bond donors (Lipinski definition) is 1. The summed E-state index contributed by atoms with van der Waals surface area (Å²) in [6.45, 7) is -1.44. The third-order valence-corrected chi connectivity index (χ3v) is 4.66. The number of imide groups is 1. The van der Waals surface area contributed by atoms with E-state index in [0.29, 0.717) is 18.5 Å². The Kier molecular flexibility index (Phi) is 5.01. The van der Waals surface area contributed by atoms with Gasteiger partial charge in [-0.05, 0) is 44.0 Å². The van der Waals surface area contributed by atoms with Gasteiger partial charge in [-0.15, -0.1) is 0 Å². The molecule has 2 aliphatic rings. The van der Waals surface area contributed by atoms with Crippen LogP contribution >= 0.6 is 0 Å². The summed E-state index contributed by atoms with van der Waals surface area (Å²) in [6, 6.07) is 4.43. The topological polar surface area (TPSA) is 75.7 Å². The highest BCUT2D eigenvalue weighted by atomic mass is 19.3. The van der Waals surface area contributed by atoms with Crippen LogP contribution in [0.5, 0.6) is 5.75 Å². The van der Waals surface area contributed by atoms with Crippen LogP contribution < -0.4 is 10.1 Å². The minimum absolute atomic E-state index is 0.0347. The summed E-state index contributed by atoms with van der Waals surface area (Å²) in [5.41, 5.74) is 0.349. The third kappa shape index (κ3) is 3.44. The monoisotopic (exact) mass is 364 g/mol. The molecule has 1 saturated heterocycles. The number of amides is 3. The quantitative estimate of drug-likeness (QED) is 0.644. The zero-order valence-corrected chi connectivity index (χ0v) is 14.0. The molecule has 0 unspecified atom stereocenters. The van der Waals surface area contributed by atoms with Gasteiger partial charge >= 0.3 is 6.61 Å². The molecule has 0 bridgehead atoms. The average Bonchev–Trinajstić information content (AvgIpc) is 2.87. The lowest BCUT2D eigenvalue weighted by molar-refractivity contribution is -0.146. The van der Waals surface area contributed by atoms with Crippen molar-refractivity contribution in [2.45, 2.75) is 32.4 Å². The Bertz CT molecular complexity index is 722. The Hall–Kier alpha value is -2.77. The molecule has 0 radical (unpaired) electrons. The van der Waals surface area contributed by atoms with E-state index in [-0.39, 0.29) is 17.6 Å². The lowest BCUT2D eigenvalue weighted by atomic mass is 9.85. The van der Waals surface area contributed by atoms with Crippen molar-refractivity contribution in [2.24, 2.45) is 11.8 Å². The summed E-state index contributed by atoms with van der Waals surface area (Å²) >= 11 is 0. The van der Waals surface area contributed by atoms with Gasteiger partial charge in [0.2, 0.25) is 17.7 Å². The number of carbonyl (C=O) groups is 3. The molecule has 6 nitrogen and oxygen atoms in total. The molecule has 0 aromatic heterocycles. The van der Waals surface area contributed by atoms with Crippen molar-refractivity contribution in [2.75, 3.05) is 5.32 Å². The van der Waals surface area contributed by atoms with Crippen LogP contribution in [-0.2, 0) is 14.4 Å². The second-order valence-corrected chi connectivity index (χ2v) is 6.27. The van der Waals surface area contributed by atoms with Crippen molar-refractivity contribution in [1.82, 2.24) is 4.90 Å². The first-order chi connectivity index (χ1) is 12.4. The molecule has 1 aliphatic heterocycles. The van der Waals surface area contributed by atoms with Gasteiger partial charge in [-0.25, -0.2) is 0 Å². The highest BCUT2D eigenvalue weighted by Crippen LogP contribution is 2.36. The second kappa shape index (κ2) is 7.23. The van der Waals surface area contributed by atoms with Crippen molar-refractivity contribution in [1.29, 1.82) is 0 Å². The van der Waals surface area contributed by atoms with Crippen LogP contribution in [0, 0.1) is 11.8 Å². The fraction of sp³-hybridized carbons (Fsp3) is 0.389. The van der Waals surface area contributed by atoms with Crippen molar-refractivity contribution in [3.63, 3.8) is 0 Å². The molecule has 1 aliphatic carbocycles. The third-order valence-electron chi connectivity index (χ3n) is 4.66. The molecule has 3 rings (SSSR count). The van der Waals surface area contributed by atoms with Gasteiger partial charge < -0.3 is 10.1 Å². The summed E-state index contributed by atoms with van der Waals surface area (Å²) < 4.78 is 28.5. The van der Waals surface area contributed by atoms with Crippen LogP contribution in [-0.4, -0.2) is 35.3 Å². The van der Waals surface area contributed by atoms with Crippen molar-refractivity contribution >= 4 is 23.4 Å². The van der Waals surface area contributed by atoms with E-state index >= 15 is 0 Å². The summed E-state index contributed by atoms with van der Waals surface area (Å²) in [5.74, 6) is -2.00. The average molecular weight is 364 g/mol. The van der Waals surface area contributed by atoms with Gasteiger partial charge in [0.05, 0.1) is 11.8 Å². The molecule has 8 heteroatoms. The van der Waals surface area contributed by atoms with Crippen molar-refractivity contribution in [3.05, 3.63) is 36.4 Å². The van der Waals surface area contributed by atoms with E-state index in [2.05, 4.69) is 10.1 Å². The van der Waals surface area contributed by atoms with E-state index < -0.39 is 30.4 Å². The molecule has 1 N–H and O–H groups in total. The number of rotatable bonds is 5. The molecule has 1 fully saturated rings. The Morgan fingerprint density at radius 2 is 1.65 bits per heavy atom. The smallest absolute Gasteiger partial charge is 0.387 e. The fourth-order valence-corrected chi connectivity index (χ4v) is 3.29. The number of halogens is 2. The summed E-state index contributed by atoms with van der Waals surface area (Å²) in [5, 5.41) is 2.58. The maximum Gasteiger partial charge on any atom is 0.387 e. The largest absolute Gasteiger partial charge is 0.435 e. The van der Waals surface area contributed by atoms with Crippen molar-refractivity contribution < 1.29 is 27.9 Å². The lowest BCUT2D eigenvalue weighted by Gasteiger charge is -2.22. The van der Waals surface area contributed by atoms with Gasteiger partial charge in [-0.2, -0.15) is 8.78 Å². The van der Waals surface area contributed by atoms with Gasteiger partial charge in [-0.1, -0.05) is 12.2 Å². The van der Waals surface area contributed by atoms with Crippen LogP contribution in [0.3, 0.4) is 0 Å². The lowest BCUT2D eigenvalue weighted by Crippen LogP contribution is -2.46. The number of fused-ring (bicyclic) bond motifs is 1. The van der Waals surface area contributed by atoms with Gasteiger partial charge in [0.1, 0.15) is 11.8 Å². The Labute approximate surface area is 148 Å². The number of hydrogen-bond acceptors (Lipinski definition) is 4. The number of allylic oxidation sites excluding steroid dienone is 2. The second-order valence-electron chi connectivity index (χ2n) is 6.27. The molecule has 0 spiro atoms. The molecule has 26 heavy (non-hydrogen) atoms. The van der Waals surface area contributed by atoms with E-state index in [4.69, 9.17) is 0 Å². The molecular formula is C18H18F2N2O4. The van der Waals surface area contributed by atoms with Crippen LogP contribution in [0.1, 0.15) is 19.8 Å². The van der Waals surface area contributed by atoms with Crippen molar-refractivity contribution in [3.8, 4) is 5.75 Å². The van der Waals surface area contributed by atoms with E-state index in [0.717, 1.165) is 4.90 Å². The Balaban J connectivity index is 1.66. The fourth-order valence-electron chi connectivity index (χ4n) is 3.29. The van der Waals surface area contributed by atoms with Gasteiger partial charge in [0.15, 0.2) is 0 Å². The number of benzene rings is 1. The zero-order valence-electron chi connectivity index (χ0n) is 14.0. The van der Waals surface area contributed by atoms with E-state index in [1.807, 2.05) is 12.2 Å². The predicted molar refractivity (Wildman–Crippen MR) is 88.4 cm³/mol. The van der Waals surface area contributed by atoms with Gasteiger partial charge in [0.25, 0.3) is 0 Å². The highest BCUT2D eigenvalue weighted by Gasteiger charge is 2.50.